The Kier molecular flexibility index (Phi) is 4.38. The molecule has 3 atom stereocenters. The maximum absolute atomic E-state index is 11.3. The van der Waals surface area contributed by atoms with E-state index in [1.165, 1.54) is 6.42 Å². The summed E-state index contributed by atoms with van der Waals surface area (Å²) in [6, 6.07) is 0. The summed E-state index contributed by atoms with van der Waals surface area (Å²) in [4.78, 5) is 15.8. The molecular weight excluding hydrogens is 246 g/mol. The number of carbonyl (C=O) groups is 1. The average Bonchev–Trinajstić information content (AvgIpc) is 2.74. The van der Waals surface area contributed by atoms with Crippen LogP contribution < -0.4 is 0 Å². The molecule has 0 spiro atoms. The Morgan fingerprint density at radius 3 is 2.89 bits per heavy atom. The van der Waals surface area contributed by atoms with E-state index in [-0.39, 0.29) is 11.8 Å². The quantitative estimate of drug-likeness (QED) is 0.908. The van der Waals surface area contributed by atoms with Crippen molar-refractivity contribution in [1.29, 1.82) is 0 Å². The molecule has 18 heavy (non-hydrogen) atoms. The van der Waals surface area contributed by atoms with E-state index in [2.05, 4.69) is 17.3 Å². The van der Waals surface area contributed by atoms with Gasteiger partial charge < -0.3 is 5.11 Å². The summed E-state index contributed by atoms with van der Waals surface area (Å²) >= 11 is 1.65. The van der Waals surface area contributed by atoms with Crippen molar-refractivity contribution in [3.05, 3.63) is 16.1 Å². The summed E-state index contributed by atoms with van der Waals surface area (Å²) in [6.07, 6.45) is 4.95. The lowest BCUT2D eigenvalue weighted by molar-refractivity contribution is -0.145. The van der Waals surface area contributed by atoms with E-state index in [0.29, 0.717) is 5.92 Å². The van der Waals surface area contributed by atoms with Crippen LogP contribution in [0.15, 0.2) is 5.38 Å². The first-order chi connectivity index (χ1) is 8.60. The third kappa shape index (κ3) is 3.10. The normalized spacial score (nSPS) is 28.2. The fraction of sp³-hybridized carbons (Fsp3) is 0.714. The van der Waals surface area contributed by atoms with Gasteiger partial charge >= 0.3 is 5.97 Å². The summed E-state index contributed by atoms with van der Waals surface area (Å²) in [6.45, 7) is 4.20. The fourth-order valence-corrected chi connectivity index (χ4v) is 3.68. The van der Waals surface area contributed by atoms with Crippen LogP contribution in [-0.4, -0.2) is 16.1 Å². The Bertz CT molecular complexity index is 416. The molecule has 3 nitrogen and oxygen atoms in total. The molecule has 1 aromatic heterocycles. The van der Waals surface area contributed by atoms with Gasteiger partial charge in [-0.1, -0.05) is 13.3 Å². The first-order valence-corrected chi connectivity index (χ1v) is 7.62. The molecule has 3 unspecified atom stereocenters. The molecule has 4 heteroatoms. The van der Waals surface area contributed by atoms with E-state index in [1.807, 2.05) is 6.92 Å². The second-order valence-electron chi connectivity index (χ2n) is 5.35. The number of thiazole rings is 1. The number of carboxylic acids is 1. The molecule has 0 aliphatic heterocycles. The Balaban J connectivity index is 2.07. The molecule has 0 radical (unpaired) electrons. The zero-order chi connectivity index (χ0) is 13.1. The van der Waals surface area contributed by atoms with E-state index in [0.717, 1.165) is 36.4 Å². The molecule has 100 valence electrons. The predicted octanol–water partition coefficient (Wildman–Crippen LogP) is 3.52. The molecule has 1 N–H and O–H groups in total. The summed E-state index contributed by atoms with van der Waals surface area (Å²) in [5, 5.41) is 12.5. The van der Waals surface area contributed by atoms with Gasteiger partial charge in [0.25, 0.3) is 0 Å². The Morgan fingerprint density at radius 1 is 1.56 bits per heavy atom. The van der Waals surface area contributed by atoms with Crippen LogP contribution in [0.1, 0.15) is 43.3 Å². The van der Waals surface area contributed by atoms with Crippen molar-refractivity contribution in [2.24, 2.45) is 17.8 Å². The molecule has 1 heterocycles. The Labute approximate surface area is 112 Å². The highest BCUT2D eigenvalue weighted by Crippen LogP contribution is 2.37. The first-order valence-electron chi connectivity index (χ1n) is 6.74. The van der Waals surface area contributed by atoms with Crippen LogP contribution in [0.5, 0.6) is 0 Å². The van der Waals surface area contributed by atoms with Crippen LogP contribution >= 0.6 is 11.3 Å². The molecule has 1 saturated carbocycles. The lowest BCUT2D eigenvalue weighted by Gasteiger charge is -2.33. The van der Waals surface area contributed by atoms with Gasteiger partial charge in [0.05, 0.1) is 16.6 Å². The van der Waals surface area contributed by atoms with Crippen LogP contribution in [0.4, 0.5) is 0 Å². The summed E-state index contributed by atoms with van der Waals surface area (Å²) in [5.74, 6) is 0.171. The maximum Gasteiger partial charge on any atom is 0.306 e. The number of aliphatic carboxylic acids is 1. The van der Waals surface area contributed by atoms with E-state index in [1.54, 1.807) is 11.3 Å². The Morgan fingerprint density at radius 2 is 2.33 bits per heavy atom. The van der Waals surface area contributed by atoms with Gasteiger partial charge in [-0.25, -0.2) is 4.98 Å². The second-order valence-corrected chi connectivity index (χ2v) is 6.42. The predicted molar refractivity (Wildman–Crippen MR) is 72.8 cm³/mol. The third-order valence-electron chi connectivity index (χ3n) is 4.12. The smallest absolute Gasteiger partial charge is 0.306 e. The monoisotopic (exact) mass is 267 g/mol. The number of aryl methyl sites for hydroxylation is 1. The number of carboxylic acid groups (broad SMARTS) is 1. The molecule has 0 aromatic carbocycles. The maximum atomic E-state index is 11.3. The lowest BCUT2D eigenvalue weighted by Crippen LogP contribution is -2.32. The molecule has 2 rings (SSSR count). The first kappa shape index (κ1) is 13.5. The fourth-order valence-electron chi connectivity index (χ4n) is 3.05. The molecule has 1 aliphatic rings. The highest BCUT2D eigenvalue weighted by Gasteiger charge is 2.34. The zero-order valence-electron chi connectivity index (χ0n) is 11.1. The van der Waals surface area contributed by atoms with Gasteiger partial charge in [-0.2, -0.15) is 0 Å². The number of rotatable bonds is 4. The van der Waals surface area contributed by atoms with Gasteiger partial charge in [0, 0.05) is 5.38 Å². The van der Waals surface area contributed by atoms with Crippen LogP contribution in [0.2, 0.25) is 0 Å². The van der Waals surface area contributed by atoms with Crippen molar-refractivity contribution in [3.63, 3.8) is 0 Å². The molecule has 0 saturated heterocycles. The summed E-state index contributed by atoms with van der Waals surface area (Å²) in [7, 11) is 0. The number of hydrogen-bond acceptors (Lipinski definition) is 3. The van der Waals surface area contributed by atoms with Gasteiger partial charge in [0.15, 0.2) is 0 Å². The van der Waals surface area contributed by atoms with Gasteiger partial charge in [0.2, 0.25) is 0 Å². The van der Waals surface area contributed by atoms with E-state index >= 15 is 0 Å². The molecule has 0 amide bonds. The SMILES string of the molecule is CCC1CCC(C(=O)O)C(Cc2csc(C)n2)C1. The lowest BCUT2D eigenvalue weighted by atomic mass is 9.71. The minimum Gasteiger partial charge on any atom is -0.481 e. The zero-order valence-corrected chi connectivity index (χ0v) is 11.9. The topological polar surface area (TPSA) is 50.2 Å². The molecule has 1 fully saturated rings. The Hall–Kier alpha value is -0.900. The number of hydrogen-bond donors (Lipinski definition) is 1. The minimum absolute atomic E-state index is 0.171. The summed E-state index contributed by atoms with van der Waals surface area (Å²) in [5.41, 5.74) is 1.07. The average molecular weight is 267 g/mol. The van der Waals surface area contributed by atoms with Gasteiger partial charge in [-0.3, -0.25) is 4.79 Å². The van der Waals surface area contributed by atoms with Gasteiger partial charge in [-0.05, 0) is 44.4 Å². The largest absolute Gasteiger partial charge is 0.481 e. The van der Waals surface area contributed by atoms with Crippen molar-refractivity contribution in [2.45, 2.75) is 46.0 Å². The number of aromatic nitrogens is 1. The summed E-state index contributed by atoms with van der Waals surface area (Å²) < 4.78 is 0. The standard InChI is InChI=1S/C14H21NO2S/c1-3-10-4-5-13(14(16)17)11(6-10)7-12-8-18-9(2)15-12/h8,10-11,13H,3-7H2,1-2H3,(H,16,17). The van der Waals surface area contributed by atoms with E-state index in [4.69, 9.17) is 0 Å². The van der Waals surface area contributed by atoms with Crippen molar-refractivity contribution in [3.8, 4) is 0 Å². The minimum atomic E-state index is -0.624. The van der Waals surface area contributed by atoms with Crippen molar-refractivity contribution < 1.29 is 9.90 Å². The van der Waals surface area contributed by atoms with Crippen LogP contribution in [-0.2, 0) is 11.2 Å². The van der Waals surface area contributed by atoms with E-state index < -0.39 is 5.97 Å². The second kappa shape index (κ2) is 5.83. The molecule has 1 aliphatic carbocycles. The highest BCUT2D eigenvalue weighted by atomic mass is 32.1. The number of nitrogens with zero attached hydrogens (tertiary/aromatic N) is 1. The van der Waals surface area contributed by atoms with Crippen LogP contribution in [0.3, 0.4) is 0 Å². The van der Waals surface area contributed by atoms with Crippen molar-refractivity contribution in [2.75, 3.05) is 0 Å². The molecule has 1 aromatic rings. The highest BCUT2D eigenvalue weighted by molar-refractivity contribution is 7.09. The third-order valence-corrected chi connectivity index (χ3v) is 4.95. The van der Waals surface area contributed by atoms with E-state index in [9.17, 15) is 9.90 Å². The molecular formula is C14H21NO2S. The van der Waals surface area contributed by atoms with Crippen LogP contribution in [0.25, 0.3) is 0 Å². The van der Waals surface area contributed by atoms with Crippen molar-refractivity contribution in [1.82, 2.24) is 4.98 Å². The molecule has 0 bridgehead atoms. The van der Waals surface area contributed by atoms with Crippen LogP contribution in [0, 0.1) is 24.7 Å². The van der Waals surface area contributed by atoms with Crippen molar-refractivity contribution >= 4 is 17.3 Å². The van der Waals surface area contributed by atoms with Gasteiger partial charge in [-0.15, -0.1) is 11.3 Å². The van der Waals surface area contributed by atoms with Gasteiger partial charge in [0.1, 0.15) is 0 Å².